The minimum absolute atomic E-state index is 0.292. The predicted octanol–water partition coefficient (Wildman–Crippen LogP) is 0.0400. The molecule has 5 nitrogen and oxygen atoms in total. The first-order chi connectivity index (χ1) is 6.26. The van der Waals surface area contributed by atoms with E-state index in [1.54, 1.807) is 24.6 Å². The van der Waals surface area contributed by atoms with Crippen molar-refractivity contribution in [3.8, 4) is 5.75 Å². The maximum atomic E-state index is 9.05. The van der Waals surface area contributed by atoms with Gasteiger partial charge in [-0.05, 0) is 12.1 Å². The Morgan fingerprint density at radius 3 is 2.31 bits per heavy atom. The molecule has 1 aromatic carbocycles. The summed E-state index contributed by atoms with van der Waals surface area (Å²) in [6, 6.07) is 7.11. The molecule has 0 fully saturated rings. The van der Waals surface area contributed by atoms with Crippen LogP contribution in [0.5, 0.6) is 5.75 Å². The number of para-hydroxylation sites is 2. The van der Waals surface area contributed by atoms with Gasteiger partial charge in [-0.3, -0.25) is 10.2 Å². The van der Waals surface area contributed by atoms with Gasteiger partial charge >= 0.3 is 0 Å². The Hall–Kier alpha value is -1.75. The zero-order valence-corrected chi connectivity index (χ0v) is 7.32. The smallest absolute Gasteiger partial charge is 0.221 e. The Kier molecular flexibility index (Phi) is 6.00. The summed E-state index contributed by atoms with van der Waals surface area (Å²) in [5.41, 5.74) is 2.51. The molecule has 72 valence electrons. The molecule has 0 aliphatic heterocycles. The molecule has 0 spiro atoms. The molecule has 0 unspecified atom stereocenters. The largest absolute Gasteiger partial charge is 0.506 e. The molecule has 0 saturated heterocycles. The molecule has 0 bridgehead atoms. The number of carbonyl (C=O) groups is 1. The summed E-state index contributed by atoms with van der Waals surface area (Å²) in [7, 11) is 1.77. The number of amides is 1. The first-order valence-electron chi connectivity index (χ1n) is 3.61. The van der Waals surface area contributed by atoms with E-state index < -0.39 is 0 Å². The van der Waals surface area contributed by atoms with Gasteiger partial charge in [0.25, 0.3) is 0 Å². The van der Waals surface area contributed by atoms with E-state index in [0.29, 0.717) is 12.2 Å². The van der Waals surface area contributed by atoms with Gasteiger partial charge in [0.2, 0.25) is 6.41 Å². The Balaban J connectivity index is 0.000000310. The van der Waals surface area contributed by atoms with Crippen LogP contribution < -0.4 is 16.6 Å². The monoisotopic (exact) mass is 183 g/mol. The lowest BCUT2D eigenvalue weighted by atomic mass is 10.3. The molecular formula is C8H13N3O2. The van der Waals surface area contributed by atoms with Gasteiger partial charge < -0.3 is 10.4 Å². The molecule has 1 aromatic rings. The van der Waals surface area contributed by atoms with E-state index in [2.05, 4.69) is 11.2 Å². The highest BCUT2D eigenvalue weighted by molar-refractivity contribution is 5.54. The van der Waals surface area contributed by atoms with E-state index in [9.17, 15) is 0 Å². The van der Waals surface area contributed by atoms with E-state index in [0.717, 1.165) is 5.69 Å². The lowest BCUT2D eigenvalue weighted by Crippen LogP contribution is -2.18. The third-order valence-corrected chi connectivity index (χ3v) is 1.24. The van der Waals surface area contributed by atoms with Crippen LogP contribution in [-0.2, 0) is 4.79 Å². The summed E-state index contributed by atoms with van der Waals surface area (Å²) >= 11 is 0. The van der Waals surface area contributed by atoms with Gasteiger partial charge in [0.05, 0.1) is 5.69 Å². The summed E-state index contributed by atoms with van der Waals surface area (Å²) in [6.45, 7) is 0. The maximum Gasteiger partial charge on any atom is 0.221 e. The van der Waals surface area contributed by atoms with Crippen LogP contribution in [0.25, 0.3) is 0 Å². The molecule has 5 heteroatoms. The van der Waals surface area contributed by atoms with E-state index in [-0.39, 0.29) is 0 Å². The van der Waals surface area contributed by atoms with E-state index >= 15 is 0 Å². The molecule has 1 amide bonds. The molecule has 0 aromatic heterocycles. The molecule has 0 saturated carbocycles. The summed E-state index contributed by atoms with van der Waals surface area (Å²) in [6.07, 6.45) is 0.403. The summed E-state index contributed by atoms with van der Waals surface area (Å²) in [5, 5.41) is 11.9. The van der Waals surface area contributed by atoms with E-state index in [4.69, 9.17) is 9.90 Å². The number of phenolic OH excluding ortho intramolecular Hbond substituents is 1. The molecule has 0 heterocycles. The maximum absolute atomic E-state index is 9.05. The van der Waals surface area contributed by atoms with Gasteiger partial charge in [0.1, 0.15) is 5.75 Å². The van der Waals surface area contributed by atoms with Gasteiger partial charge in [-0.2, -0.15) is 0 Å². The number of phenols is 1. The van der Waals surface area contributed by atoms with Crippen molar-refractivity contribution in [2.75, 3.05) is 12.4 Å². The van der Waals surface area contributed by atoms with Gasteiger partial charge in [-0.15, -0.1) is 0 Å². The van der Waals surface area contributed by atoms with Crippen molar-refractivity contribution in [1.29, 1.82) is 0 Å². The molecule has 13 heavy (non-hydrogen) atoms. The second-order valence-electron chi connectivity index (χ2n) is 2.05. The van der Waals surface area contributed by atoms with Crippen molar-refractivity contribution in [1.82, 2.24) is 5.43 Å². The topological polar surface area (TPSA) is 87.4 Å². The number of aromatic hydroxyl groups is 1. The summed E-state index contributed by atoms with van der Waals surface area (Å²) in [5.74, 6) is 4.70. The quantitative estimate of drug-likeness (QED) is 0.171. The third kappa shape index (κ3) is 4.65. The fourth-order valence-electron chi connectivity index (χ4n) is 0.685. The fourth-order valence-corrected chi connectivity index (χ4v) is 0.685. The molecule has 5 N–H and O–H groups in total. The molecular weight excluding hydrogens is 170 g/mol. The molecule has 0 atom stereocenters. The molecule has 1 rings (SSSR count). The standard InChI is InChI=1S/C7H9NO.CH4N2O/c1-8-6-4-2-3-5-7(6)9;2-3-1-4/h2-5,8-9H,1H3;1H,2H2,(H,3,4). The Labute approximate surface area is 76.5 Å². The van der Waals surface area contributed by atoms with Crippen LogP contribution in [0.2, 0.25) is 0 Å². The zero-order valence-electron chi connectivity index (χ0n) is 7.32. The average Bonchev–Trinajstić information content (AvgIpc) is 2.19. The second-order valence-corrected chi connectivity index (χ2v) is 2.05. The van der Waals surface area contributed by atoms with Crippen molar-refractivity contribution in [2.45, 2.75) is 0 Å². The summed E-state index contributed by atoms with van der Waals surface area (Å²) in [4.78, 5) is 8.94. The minimum atomic E-state index is 0.292. The number of carbonyl (C=O) groups excluding carboxylic acids is 1. The van der Waals surface area contributed by atoms with E-state index in [1.807, 2.05) is 12.1 Å². The van der Waals surface area contributed by atoms with Crippen LogP contribution in [0, 0.1) is 0 Å². The number of nitrogens with two attached hydrogens (primary N) is 1. The molecule has 0 aliphatic carbocycles. The number of nitrogens with one attached hydrogen (secondary N) is 2. The van der Waals surface area contributed by atoms with Crippen molar-refractivity contribution in [3.63, 3.8) is 0 Å². The van der Waals surface area contributed by atoms with Crippen molar-refractivity contribution < 1.29 is 9.90 Å². The first kappa shape index (κ1) is 11.2. The normalized spacial score (nSPS) is 7.85. The number of rotatable bonds is 2. The summed E-state index contributed by atoms with van der Waals surface area (Å²) < 4.78 is 0. The minimum Gasteiger partial charge on any atom is -0.506 e. The highest BCUT2D eigenvalue weighted by atomic mass is 16.3. The van der Waals surface area contributed by atoms with E-state index in [1.165, 1.54) is 0 Å². The number of benzene rings is 1. The number of hydrazine groups is 1. The SMILES string of the molecule is CNc1ccccc1O.NNC=O. The lowest BCUT2D eigenvalue weighted by Gasteiger charge is -1.99. The highest BCUT2D eigenvalue weighted by Gasteiger charge is 1.91. The number of anilines is 1. The van der Waals surface area contributed by atoms with Gasteiger partial charge in [0.15, 0.2) is 0 Å². The lowest BCUT2D eigenvalue weighted by molar-refractivity contribution is -0.109. The van der Waals surface area contributed by atoms with Crippen LogP contribution in [0.1, 0.15) is 0 Å². The predicted molar refractivity (Wildman–Crippen MR) is 51.0 cm³/mol. The van der Waals surface area contributed by atoms with Crippen LogP contribution in [0.15, 0.2) is 24.3 Å². The first-order valence-corrected chi connectivity index (χ1v) is 3.61. The van der Waals surface area contributed by atoms with Gasteiger partial charge in [-0.25, -0.2) is 5.84 Å². The highest BCUT2D eigenvalue weighted by Crippen LogP contribution is 2.19. The van der Waals surface area contributed by atoms with Crippen LogP contribution in [0.4, 0.5) is 5.69 Å². The Morgan fingerprint density at radius 1 is 1.46 bits per heavy atom. The second kappa shape index (κ2) is 6.93. The Morgan fingerprint density at radius 2 is 2.00 bits per heavy atom. The molecule has 0 aliphatic rings. The van der Waals surface area contributed by atoms with Crippen molar-refractivity contribution in [3.05, 3.63) is 24.3 Å². The zero-order chi connectivity index (χ0) is 10.1. The Bertz CT molecular complexity index is 253. The van der Waals surface area contributed by atoms with Crippen LogP contribution in [-0.4, -0.2) is 18.6 Å². The van der Waals surface area contributed by atoms with Crippen LogP contribution in [0.3, 0.4) is 0 Å². The van der Waals surface area contributed by atoms with Crippen molar-refractivity contribution >= 4 is 12.1 Å². The number of hydrogen-bond acceptors (Lipinski definition) is 4. The van der Waals surface area contributed by atoms with Crippen LogP contribution >= 0.6 is 0 Å². The third-order valence-electron chi connectivity index (χ3n) is 1.24. The fraction of sp³-hybridized carbons (Fsp3) is 0.125. The van der Waals surface area contributed by atoms with Gasteiger partial charge in [0, 0.05) is 7.05 Å². The molecule has 0 radical (unpaired) electrons. The van der Waals surface area contributed by atoms with Crippen molar-refractivity contribution in [2.24, 2.45) is 5.84 Å². The average molecular weight is 183 g/mol. The van der Waals surface area contributed by atoms with Gasteiger partial charge in [-0.1, -0.05) is 12.1 Å². The number of hydrogen-bond donors (Lipinski definition) is 4.